The van der Waals surface area contributed by atoms with Gasteiger partial charge in [-0.25, -0.2) is 0 Å². The summed E-state index contributed by atoms with van der Waals surface area (Å²) < 4.78 is 2.36. The van der Waals surface area contributed by atoms with E-state index in [0.29, 0.717) is 0 Å². The smallest absolute Gasteiger partial charge is 0.0761 e. The van der Waals surface area contributed by atoms with Crippen molar-refractivity contribution in [3.05, 3.63) is 54.1 Å². The molecule has 1 nitrogen and oxygen atoms in total. The van der Waals surface area contributed by atoms with Gasteiger partial charge < -0.3 is 5.32 Å². The molecule has 1 heterocycles. The molecular weight excluding hydrogens is 398 g/mol. The van der Waals surface area contributed by atoms with Crippen molar-refractivity contribution in [3.63, 3.8) is 0 Å². The molecule has 0 saturated carbocycles. The van der Waals surface area contributed by atoms with Crippen LogP contribution in [0.5, 0.6) is 0 Å². The summed E-state index contributed by atoms with van der Waals surface area (Å²) >= 11 is 8.98. The second-order valence-corrected chi connectivity index (χ2v) is 8.99. The summed E-state index contributed by atoms with van der Waals surface area (Å²) in [6.45, 7) is 0. The van der Waals surface area contributed by atoms with Crippen LogP contribution in [0.4, 0.5) is 0 Å². The second-order valence-electron chi connectivity index (χ2n) is 5.24. The van der Waals surface area contributed by atoms with E-state index in [1.165, 1.54) is 40.6 Å². The van der Waals surface area contributed by atoms with Gasteiger partial charge in [-0.1, -0.05) is 18.2 Å². The molecule has 1 N–H and O–H groups in total. The topological polar surface area (TPSA) is 12.0 Å². The lowest BCUT2D eigenvalue weighted by atomic mass is 9.88. The van der Waals surface area contributed by atoms with Gasteiger partial charge in [0.25, 0.3) is 0 Å². The Labute approximate surface area is 141 Å². The molecule has 1 aromatic heterocycles. The molecule has 4 heteroatoms. The minimum absolute atomic E-state index is 0.249. The molecule has 1 unspecified atom stereocenters. The zero-order valence-electron chi connectivity index (χ0n) is 11.4. The lowest BCUT2D eigenvalue weighted by Gasteiger charge is -2.21. The number of hydrogen-bond acceptors (Lipinski definition) is 2. The van der Waals surface area contributed by atoms with E-state index in [1.807, 2.05) is 7.05 Å². The summed E-state index contributed by atoms with van der Waals surface area (Å²) in [6.07, 6.45) is 5.14. The molecule has 1 aromatic carbocycles. The molecule has 3 rings (SSSR count). The number of nitrogens with one attached hydrogen (secondary N) is 1. The first-order valence-electron chi connectivity index (χ1n) is 6.92. The quantitative estimate of drug-likeness (QED) is 0.702. The first kappa shape index (κ1) is 14.8. The van der Waals surface area contributed by atoms with Gasteiger partial charge in [-0.3, -0.25) is 0 Å². The first-order valence-corrected chi connectivity index (χ1v) is 9.33. The molecular formula is C16H17Br2NS. The summed E-state index contributed by atoms with van der Waals surface area (Å²) in [5, 5.41) is 3.45. The molecule has 106 valence electrons. The highest BCUT2D eigenvalue weighted by Crippen LogP contribution is 2.38. The average molecular weight is 415 g/mol. The number of halogens is 2. The van der Waals surface area contributed by atoms with E-state index < -0.39 is 0 Å². The summed E-state index contributed by atoms with van der Waals surface area (Å²) in [5.41, 5.74) is 5.75. The second kappa shape index (κ2) is 6.30. The highest BCUT2D eigenvalue weighted by Gasteiger charge is 2.19. The average Bonchev–Trinajstić information content (AvgIpc) is 2.78. The van der Waals surface area contributed by atoms with E-state index in [2.05, 4.69) is 61.4 Å². The highest BCUT2D eigenvalue weighted by molar-refractivity contribution is 9.12. The van der Waals surface area contributed by atoms with Crippen molar-refractivity contribution in [2.45, 2.75) is 31.7 Å². The molecule has 0 aliphatic heterocycles. The number of thiophene rings is 1. The number of hydrogen-bond donors (Lipinski definition) is 1. The third kappa shape index (κ3) is 2.89. The van der Waals surface area contributed by atoms with Crippen molar-refractivity contribution in [3.8, 4) is 0 Å². The van der Waals surface area contributed by atoms with E-state index in [4.69, 9.17) is 0 Å². The Hall–Kier alpha value is -0.160. The van der Waals surface area contributed by atoms with Crippen LogP contribution in [0.2, 0.25) is 0 Å². The summed E-state index contributed by atoms with van der Waals surface area (Å²) in [4.78, 5) is 0. The van der Waals surface area contributed by atoms with Crippen LogP contribution in [0.15, 0.2) is 31.8 Å². The molecule has 0 radical (unpaired) electrons. The van der Waals surface area contributed by atoms with Gasteiger partial charge in [0.1, 0.15) is 0 Å². The lowest BCUT2D eigenvalue weighted by Crippen LogP contribution is -2.18. The van der Waals surface area contributed by atoms with E-state index in [-0.39, 0.29) is 6.04 Å². The highest BCUT2D eigenvalue weighted by atomic mass is 79.9. The van der Waals surface area contributed by atoms with Gasteiger partial charge in [-0.05, 0) is 92.9 Å². The standard InChI is InChI=1S/C16H17Br2NS/c1-19-15(13-9-14(17)20-16(13)18)12-7-6-10-4-2-3-5-11(10)8-12/h6-9,15,19H,2-5H2,1H3. The Balaban J connectivity index is 1.99. The minimum Gasteiger partial charge on any atom is -0.309 e. The van der Waals surface area contributed by atoms with Gasteiger partial charge in [0.15, 0.2) is 0 Å². The number of rotatable bonds is 3. The molecule has 0 spiro atoms. The molecule has 20 heavy (non-hydrogen) atoms. The van der Waals surface area contributed by atoms with E-state index in [9.17, 15) is 0 Å². The van der Waals surface area contributed by atoms with Crippen molar-refractivity contribution < 1.29 is 0 Å². The fourth-order valence-electron chi connectivity index (χ4n) is 2.98. The van der Waals surface area contributed by atoms with Crippen molar-refractivity contribution in [1.29, 1.82) is 0 Å². The van der Waals surface area contributed by atoms with Gasteiger partial charge in [-0.15, -0.1) is 11.3 Å². The largest absolute Gasteiger partial charge is 0.309 e. The molecule has 1 aliphatic carbocycles. The summed E-state index contributed by atoms with van der Waals surface area (Å²) in [5.74, 6) is 0. The lowest BCUT2D eigenvalue weighted by molar-refractivity contribution is 0.668. The predicted octanol–water partition coefficient (Wildman–Crippen LogP) is 5.46. The molecule has 0 fully saturated rings. The van der Waals surface area contributed by atoms with Crippen LogP contribution in [-0.2, 0) is 12.8 Å². The third-order valence-electron chi connectivity index (χ3n) is 3.99. The van der Waals surface area contributed by atoms with Crippen LogP contribution in [0.25, 0.3) is 0 Å². The van der Waals surface area contributed by atoms with Crippen LogP contribution in [0, 0.1) is 0 Å². The van der Waals surface area contributed by atoms with Crippen LogP contribution in [0.3, 0.4) is 0 Å². The molecule has 0 amide bonds. The zero-order valence-corrected chi connectivity index (χ0v) is 15.4. The summed E-state index contributed by atoms with van der Waals surface area (Å²) in [6, 6.07) is 9.45. The molecule has 2 aromatic rings. The Morgan fingerprint density at radius 3 is 2.50 bits per heavy atom. The number of fused-ring (bicyclic) bond motifs is 1. The van der Waals surface area contributed by atoms with Crippen molar-refractivity contribution in [2.75, 3.05) is 7.05 Å². The van der Waals surface area contributed by atoms with Crippen LogP contribution >= 0.6 is 43.2 Å². The van der Waals surface area contributed by atoms with Crippen molar-refractivity contribution >= 4 is 43.2 Å². The Morgan fingerprint density at radius 1 is 1.10 bits per heavy atom. The third-order valence-corrected chi connectivity index (χ3v) is 6.37. The molecule has 1 aliphatic rings. The van der Waals surface area contributed by atoms with Crippen LogP contribution in [0.1, 0.15) is 41.1 Å². The monoisotopic (exact) mass is 413 g/mol. The van der Waals surface area contributed by atoms with Crippen molar-refractivity contribution in [1.82, 2.24) is 5.32 Å². The zero-order chi connectivity index (χ0) is 14.1. The SMILES string of the molecule is CNC(c1ccc2c(c1)CCCC2)c1cc(Br)sc1Br. The van der Waals surface area contributed by atoms with Gasteiger partial charge >= 0.3 is 0 Å². The Bertz CT molecular complexity index is 621. The van der Waals surface area contributed by atoms with Crippen LogP contribution in [-0.4, -0.2) is 7.05 Å². The van der Waals surface area contributed by atoms with Crippen LogP contribution < -0.4 is 5.32 Å². The fourth-order valence-corrected chi connectivity index (χ4v) is 5.89. The first-order chi connectivity index (χ1) is 9.69. The normalized spacial score (nSPS) is 15.9. The number of aryl methyl sites for hydroxylation is 2. The number of benzene rings is 1. The van der Waals surface area contributed by atoms with E-state index in [1.54, 1.807) is 22.5 Å². The summed E-state index contributed by atoms with van der Waals surface area (Å²) in [7, 11) is 2.03. The molecule has 0 bridgehead atoms. The van der Waals surface area contributed by atoms with Gasteiger partial charge in [0.05, 0.1) is 13.6 Å². The maximum Gasteiger partial charge on any atom is 0.0761 e. The van der Waals surface area contributed by atoms with Gasteiger partial charge in [0.2, 0.25) is 0 Å². The fraction of sp³-hybridized carbons (Fsp3) is 0.375. The van der Waals surface area contributed by atoms with E-state index in [0.717, 1.165) is 3.79 Å². The van der Waals surface area contributed by atoms with Gasteiger partial charge in [-0.2, -0.15) is 0 Å². The van der Waals surface area contributed by atoms with Crippen molar-refractivity contribution in [2.24, 2.45) is 0 Å². The maximum absolute atomic E-state index is 3.68. The Kier molecular flexibility index (Phi) is 4.65. The molecule has 1 atom stereocenters. The van der Waals surface area contributed by atoms with Gasteiger partial charge in [0, 0.05) is 0 Å². The minimum atomic E-state index is 0.249. The maximum atomic E-state index is 3.68. The predicted molar refractivity (Wildman–Crippen MR) is 93.7 cm³/mol. The Morgan fingerprint density at radius 2 is 1.85 bits per heavy atom. The molecule has 0 saturated heterocycles. The van der Waals surface area contributed by atoms with E-state index >= 15 is 0 Å².